The molecule has 0 aliphatic carbocycles. The van der Waals surface area contributed by atoms with Crippen LogP contribution in [0.5, 0.6) is 0 Å². The molecule has 3 heterocycles. The molecule has 0 radical (unpaired) electrons. The SMILES string of the molecule is OC(c1ccoc1)C1CCOC2(CCOC2)C1. The van der Waals surface area contributed by atoms with Crippen molar-refractivity contribution in [2.24, 2.45) is 5.92 Å². The molecule has 3 rings (SSSR count). The maximum atomic E-state index is 10.3. The van der Waals surface area contributed by atoms with Gasteiger partial charge in [-0.3, -0.25) is 0 Å². The molecule has 4 heteroatoms. The van der Waals surface area contributed by atoms with Gasteiger partial charge < -0.3 is 19.0 Å². The van der Waals surface area contributed by atoms with Crippen LogP contribution in [0.2, 0.25) is 0 Å². The molecule has 1 aromatic heterocycles. The molecule has 0 amide bonds. The summed E-state index contributed by atoms with van der Waals surface area (Å²) >= 11 is 0. The molecule has 17 heavy (non-hydrogen) atoms. The van der Waals surface area contributed by atoms with E-state index in [1.165, 1.54) is 0 Å². The monoisotopic (exact) mass is 238 g/mol. The van der Waals surface area contributed by atoms with Crippen LogP contribution < -0.4 is 0 Å². The van der Waals surface area contributed by atoms with Crippen molar-refractivity contribution in [1.29, 1.82) is 0 Å². The smallest absolute Gasteiger partial charge is 0.0960 e. The third-order valence-electron chi connectivity index (χ3n) is 3.93. The molecule has 0 aromatic carbocycles. The topological polar surface area (TPSA) is 51.8 Å². The highest BCUT2D eigenvalue weighted by Crippen LogP contribution is 2.40. The predicted octanol–water partition coefficient (Wildman–Crippen LogP) is 1.90. The summed E-state index contributed by atoms with van der Waals surface area (Å²) in [7, 11) is 0. The molecule has 0 bridgehead atoms. The van der Waals surface area contributed by atoms with Gasteiger partial charge in [-0.25, -0.2) is 0 Å². The van der Waals surface area contributed by atoms with E-state index < -0.39 is 6.10 Å². The minimum Gasteiger partial charge on any atom is -0.472 e. The quantitative estimate of drug-likeness (QED) is 0.855. The van der Waals surface area contributed by atoms with Gasteiger partial charge in [0.1, 0.15) is 0 Å². The van der Waals surface area contributed by atoms with Crippen molar-refractivity contribution >= 4 is 0 Å². The van der Waals surface area contributed by atoms with Gasteiger partial charge in [-0.1, -0.05) is 0 Å². The first-order chi connectivity index (χ1) is 8.29. The Bertz CT molecular complexity index is 354. The van der Waals surface area contributed by atoms with Crippen LogP contribution in [0.15, 0.2) is 23.0 Å². The van der Waals surface area contributed by atoms with Gasteiger partial charge in [-0.2, -0.15) is 0 Å². The van der Waals surface area contributed by atoms with E-state index >= 15 is 0 Å². The summed E-state index contributed by atoms with van der Waals surface area (Å²) in [5.41, 5.74) is 0.721. The molecule has 94 valence electrons. The van der Waals surface area contributed by atoms with Crippen molar-refractivity contribution in [3.05, 3.63) is 24.2 Å². The molecule has 0 saturated carbocycles. The molecule has 2 fully saturated rings. The third kappa shape index (κ3) is 2.12. The standard InChI is InChI=1S/C13H18O4/c14-12(11-1-4-15-8-11)10-2-5-17-13(7-10)3-6-16-9-13/h1,4,8,10,12,14H,2-3,5-7,9H2. The van der Waals surface area contributed by atoms with E-state index in [1.807, 2.05) is 6.07 Å². The number of ether oxygens (including phenoxy) is 2. The Balaban J connectivity index is 1.71. The summed E-state index contributed by atoms with van der Waals surface area (Å²) < 4.78 is 16.3. The summed E-state index contributed by atoms with van der Waals surface area (Å²) in [5, 5.41) is 10.3. The van der Waals surface area contributed by atoms with Crippen molar-refractivity contribution in [3.63, 3.8) is 0 Å². The zero-order chi connectivity index (χ0) is 11.7. The Hall–Kier alpha value is -0.840. The van der Waals surface area contributed by atoms with Crippen LogP contribution in [0, 0.1) is 5.92 Å². The van der Waals surface area contributed by atoms with E-state index in [0.29, 0.717) is 13.2 Å². The first-order valence-corrected chi connectivity index (χ1v) is 6.21. The fraction of sp³-hybridized carbons (Fsp3) is 0.692. The fourth-order valence-electron chi connectivity index (χ4n) is 2.91. The number of hydrogen-bond acceptors (Lipinski definition) is 4. The summed E-state index contributed by atoms with van der Waals surface area (Å²) in [5.74, 6) is 0.239. The van der Waals surface area contributed by atoms with Crippen molar-refractivity contribution in [1.82, 2.24) is 0 Å². The van der Waals surface area contributed by atoms with E-state index in [1.54, 1.807) is 12.5 Å². The van der Waals surface area contributed by atoms with Crippen molar-refractivity contribution in [3.8, 4) is 0 Å². The van der Waals surface area contributed by atoms with Crippen LogP contribution >= 0.6 is 0 Å². The minimum absolute atomic E-state index is 0.145. The lowest BCUT2D eigenvalue weighted by atomic mass is 9.81. The fourth-order valence-corrected chi connectivity index (χ4v) is 2.91. The number of rotatable bonds is 2. The first-order valence-electron chi connectivity index (χ1n) is 6.21. The van der Waals surface area contributed by atoms with Gasteiger partial charge in [0, 0.05) is 25.2 Å². The molecule has 1 N–H and O–H groups in total. The highest BCUT2D eigenvalue weighted by Gasteiger charge is 2.43. The largest absolute Gasteiger partial charge is 0.472 e. The maximum absolute atomic E-state index is 10.3. The highest BCUT2D eigenvalue weighted by molar-refractivity contribution is 5.11. The Morgan fingerprint density at radius 1 is 1.41 bits per heavy atom. The van der Waals surface area contributed by atoms with Crippen molar-refractivity contribution < 1.29 is 19.0 Å². The average molecular weight is 238 g/mol. The Morgan fingerprint density at radius 2 is 2.35 bits per heavy atom. The van der Waals surface area contributed by atoms with Crippen LogP contribution in [0.4, 0.5) is 0 Å². The maximum Gasteiger partial charge on any atom is 0.0960 e. The minimum atomic E-state index is -0.449. The summed E-state index contributed by atoms with van der Waals surface area (Å²) in [6.45, 7) is 2.15. The molecule has 1 aromatic rings. The Kier molecular flexibility index (Phi) is 2.94. The average Bonchev–Trinajstić information content (AvgIpc) is 3.00. The molecule has 3 atom stereocenters. The normalized spacial score (nSPS) is 35.2. The lowest BCUT2D eigenvalue weighted by Gasteiger charge is -2.38. The second-order valence-corrected chi connectivity index (χ2v) is 5.09. The van der Waals surface area contributed by atoms with E-state index in [9.17, 15) is 5.11 Å². The van der Waals surface area contributed by atoms with Gasteiger partial charge in [0.2, 0.25) is 0 Å². The van der Waals surface area contributed by atoms with Gasteiger partial charge in [0.05, 0.1) is 30.8 Å². The molecule has 4 nitrogen and oxygen atoms in total. The molecule has 2 saturated heterocycles. The summed E-state index contributed by atoms with van der Waals surface area (Å²) in [4.78, 5) is 0. The molecule has 3 unspecified atom stereocenters. The zero-order valence-electron chi connectivity index (χ0n) is 9.80. The number of aliphatic hydroxyl groups is 1. The van der Waals surface area contributed by atoms with Gasteiger partial charge >= 0.3 is 0 Å². The molecule has 2 aliphatic rings. The van der Waals surface area contributed by atoms with E-state index in [-0.39, 0.29) is 11.5 Å². The van der Waals surface area contributed by atoms with E-state index in [0.717, 1.165) is 31.4 Å². The lowest BCUT2D eigenvalue weighted by molar-refractivity contribution is -0.117. The van der Waals surface area contributed by atoms with Crippen LogP contribution in [-0.2, 0) is 9.47 Å². The van der Waals surface area contributed by atoms with Gasteiger partial charge in [-0.05, 0) is 24.8 Å². The van der Waals surface area contributed by atoms with Gasteiger partial charge in [0.15, 0.2) is 0 Å². The van der Waals surface area contributed by atoms with E-state index in [4.69, 9.17) is 13.9 Å². The third-order valence-corrected chi connectivity index (χ3v) is 3.93. The van der Waals surface area contributed by atoms with Crippen molar-refractivity contribution in [2.75, 3.05) is 19.8 Å². The Morgan fingerprint density at radius 3 is 3.06 bits per heavy atom. The Labute approximate surface area is 101 Å². The number of furan rings is 1. The number of hydrogen-bond donors (Lipinski definition) is 1. The summed E-state index contributed by atoms with van der Waals surface area (Å²) in [6.07, 6.45) is 5.49. The van der Waals surface area contributed by atoms with E-state index in [2.05, 4.69) is 0 Å². The van der Waals surface area contributed by atoms with Crippen LogP contribution in [-0.4, -0.2) is 30.5 Å². The predicted molar refractivity (Wildman–Crippen MR) is 60.5 cm³/mol. The van der Waals surface area contributed by atoms with Gasteiger partial charge in [0.25, 0.3) is 0 Å². The van der Waals surface area contributed by atoms with Crippen LogP contribution in [0.1, 0.15) is 30.9 Å². The van der Waals surface area contributed by atoms with Crippen molar-refractivity contribution in [2.45, 2.75) is 31.0 Å². The molecule has 2 aliphatic heterocycles. The summed E-state index contributed by atoms with van der Waals surface area (Å²) in [6, 6.07) is 1.83. The first kappa shape index (κ1) is 11.3. The molecule has 1 spiro atoms. The van der Waals surface area contributed by atoms with Crippen LogP contribution in [0.25, 0.3) is 0 Å². The molecular formula is C13H18O4. The number of aliphatic hydroxyl groups excluding tert-OH is 1. The lowest BCUT2D eigenvalue weighted by Crippen LogP contribution is -2.41. The zero-order valence-corrected chi connectivity index (χ0v) is 9.80. The highest BCUT2D eigenvalue weighted by atomic mass is 16.6. The second-order valence-electron chi connectivity index (χ2n) is 5.09. The molecular weight excluding hydrogens is 220 g/mol. The second kappa shape index (κ2) is 4.44. The van der Waals surface area contributed by atoms with Gasteiger partial charge in [-0.15, -0.1) is 0 Å². The van der Waals surface area contributed by atoms with Crippen LogP contribution in [0.3, 0.4) is 0 Å².